The van der Waals surface area contributed by atoms with E-state index < -0.39 is 30.5 Å². The van der Waals surface area contributed by atoms with Crippen LogP contribution in [0.25, 0.3) is 0 Å². The molecule has 19 heavy (non-hydrogen) atoms. The van der Waals surface area contributed by atoms with E-state index in [1.54, 1.807) is 0 Å². The first-order valence-corrected chi connectivity index (χ1v) is 10.3. The summed E-state index contributed by atoms with van der Waals surface area (Å²) in [6.07, 6.45) is 7.39. The van der Waals surface area contributed by atoms with Crippen LogP contribution < -0.4 is 10.5 Å². The smallest absolute Gasteiger partial charge is 0.226 e. The molecule has 0 aliphatic heterocycles. The van der Waals surface area contributed by atoms with Crippen LogP contribution in [-0.4, -0.2) is 40.3 Å². The van der Waals surface area contributed by atoms with Crippen LogP contribution in [-0.2, 0) is 19.9 Å². The molecule has 0 heterocycles. The standard InChI is InChI=1S/C11H24N2O4S2/c1-18(14,15)10-19(16,17)13-11(9-12)7-5-3-2-4-6-8-11/h13H,2-10,12H2,1H3. The molecule has 0 bridgehead atoms. The van der Waals surface area contributed by atoms with Gasteiger partial charge in [-0.1, -0.05) is 32.1 Å². The van der Waals surface area contributed by atoms with Crippen LogP contribution in [0.2, 0.25) is 0 Å². The molecular weight excluding hydrogens is 288 g/mol. The normalized spacial score (nSPS) is 21.6. The fourth-order valence-electron chi connectivity index (χ4n) is 2.57. The summed E-state index contributed by atoms with van der Waals surface area (Å²) in [6.45, 7) is 0.204. The zero-order chi connectivity index (χ0) is 14.6. The second-order valence-electron chi connectivity index (χ2n) is 5.51. The Morgan fingerprint density at radius 3 is 1.89 bits per heavy atom. The van der Waals surface area contributed by atoms with E-state index in [1.807, 2.05) is 0 Å². The minimum atomic E-state index is -3.86. The van der Waals surface area contributed by atoms with Crippen molar-refractivity contribution in [2.24, 2.45) is 5.73 Å². The van der Waals surface area contributed by atoms with Gasteiger partial charge in [0.05, 0.1) is 0 Å². The Morgan fingerprint density at radius 2 is 1.47 bits per heavy atom. The Kier molecular flexibility index (Phi) is 5.78. The minimum Gasteiger partial charge on any atom is -0.329 e. The summed E-state index contributed by atoms with van der Waals surface area (Å²) in [4.78, 5) is 0. The molecule has 0 aromatic heterocycles. The molecule has 0 aromatic carbocycles. The highest BCUT2D eigenvalue weighted by Gasteiger charge is 2.34. The first-order chi connectivity index (χ1) is 8.68. The van der Waals surface area contributed by atoms with Crippen molar-refractivity contribution in [3.05, 3.63) is 0 Å². The van der Waals surface area contributed by atoms with Gasteiger partial charge < -0.3 is 5.73 Å². The van der Waals surface area contributed by atoms with Gasteiger partial charge in [-0.2, -0.15) is 0 Å². The number of rotatable bonds is 5. The molecule has 1 aliphatic carbocycles. The van der Waals surface area contributed by atoms with Gasteiger partial charge in [0.2, 0.25) is 10.0 Å². The molecule has 3 N–H and O–H groups in total. The summed E-state index contributed by atoms with van der Waals surface area (Å²) in [6, 6.07) is 0. The van der Waals surface area contributed by atoms with Crippen molar-refractivity contribution in [1.82, 2.24) is 4.72 Å². The van der Waals surface area contributed by atoms with Crippen LogP contribution in [0, 0.1) is 0 Å². The number of hydrogen-bond donors (Lipinski definition) is 2. The Balaban J connectivity index is 2.83. The molecule has 0 unspecified atom stereocenters. The summed E-state index contributed by atoms with van der Waals surface area (Å²) in [7, 11) is -7.43. The van der Waals surface area contributed by atoms with Gasteiger partial charge in [0.15, 0.2) is 14.9 Å². The number of nitrogens with two attached hydrogens (primary N) is 1. The maximum Gasteiger partial charge on any atom is 0.226 e. The summed E-state index contributed by atoms with van der Waals surface area (Å²) in [5.74, 6) is 0. The van der Waals surface area contributed by atoms with E-state index in [9.17, 15) is 16.8 Å². The van der Waals surface area contributed by atoms with E-state index in [2.05, 4.69) is 4.72 Å². The van der Waals surface area contributed by atoms with Gasteiger partial charge >= 0.3 is 0 Å². The molecule has 1 saturated carbocycles. The largest absolute Gasteiger partial charge is 0.329 e. The molecular formula is C11H24N2O4S2. The van der Waals surface area contributed by atoms with Crippen LogP contribution in [0.5, 0.6) is 0 Å². The van der Waals surface area contributed by atoms with Crippen molar-refractivity contribution >= 4 is 19.9 Å². The lowest BCUT2D eigenvalue weighted by atomic mass is 9.85. The van der Waals surface area contributed by atoms with Crippen LogP contribution in [0.3, 0.4) is 0 Å². The van der Waals surface area contributed by atoms with Crippen LogP contribution in [0.4, 0.5) is 0 Å². The lowest BCUT2D eigenvalue weighted by Crippen LogP contribution is -2.54. The van der Waals surface area contributed by atoms with Gasteiger partial charge in [0.1, 0.15) is 0 Å². The van der Waals surface area contributed by atoms with Crippen LogP contribution in [0.15, 0.2) is 0 Å². The number of sulfone groups is 1. The molecule has 0 saturated heterocycles. The average molecular weight is 312 g/mol. The summed E-state index contributed by atoms with van der Waals surface area (Å²) < 4.78 is 48.7. The van der Waals surface area contributed by atoms with Crippen LogP contribution in [0.1, 0.15) is 44.9 Å². The van der Waals surface area contributed by atoms with Gasteiger partial charge in [0.25, 0.3) is 0 Å². The highest BCUT2D eigenvalue weighted by molar-refractivity contribution is 8.06. The SMILES string of the molecule is CS(=O)(=O)CS(=O)(=O)NC1(CN)CCCCCCC1. The maximum absolute atomic E-state index is 11.9. The highest BCUT2D eigenvalue weighted by atomic mass is 32.3. The Labute approximate surface area is 116 Å². The molecule has 0 radical (unpaired) electrons. The molecule has 0 aromatic rings. The van der Waals surface area contributed by atoms with Crippen molar-refractivity contribution in [3.63, 3.8) is 0 Å². The lowest BCUT2D eigenvalue weighted by Gasteiger charge is -2.34. The average Bonchev–Trinajstić information content (AvgIpc) is 2.18. The molecule has 1 fully saturated rings. The third kappa shape index (κ3) is 6.20. The van der Waals surface area contributed by atoms with Gasteiger partial charge in [-0.05, 0) is 12.8 Å². The van der Waals surface area contributed by atoms with E-state index in [-0.39, 0.29) is 6.54 Å². The van der Waals surface area contributed by atoms with Crippen molar-refractivity contribution in [1.29, 1.82) is 0 Å². The molecule has 114 valence electrons. The number of hydrogen-bond acceptors (Lipinski definition) is 5. The quantitative estimate of drug-likeness (QED) is 0.762. The highest BCUT2D eigenvalue weighted by Crippen LogP contribution is 2.26. The summed E-state index contributed by atoms with van der Waals surface area (Å²) in [5, 5.41) is -0.873. The summed E-state index contributed by atoms with van der Waals surface area (Å²) >= 11 is 0. The molecule has 0 spiro atoms. The molecule has 8 heteroatoms. The second-order valence-corrected chi connectivity index (χ2v) is 9.74. The minimum absolute atomic E-state index is 0.204. The molecule has 0 amide bonds. The zero-order valence-electron chi connectivity index (χ0n) is 11.4. The van der Waals surface area contributed by atoms with Crippen molar-refractivity contribution < 1.29 is 16.8 Å². The Morgan fingerprint density at radius 1 is 1.00 bits per heavy atom. The second kappa shape index (κ2) is 6.51. The number of sulfonamides is 1. The van der Waals surface area contributed by atoms with Gasteiger partial charge in [-0.25, -0.2) is 21.6 Å². The third-order valence-corrected chi connectivity index (χ3v) is 7.14. The maximum atomic E-state index is 11.9. The predicted molar refractivity (Wildman–Crippen MR) is 75.9 cm³/mol. The lowest BCUT2D eigenvalue weighted by molar-refractivity contribution is 0.296. The van der Waals surface area contributed by atoms with E-state index in [4.69, 9.17) is 5.73 Å². The van der Waals surface area contributed by atoms with E-state index >= 15 is 0 Å². The topological polar surface area (TPSA) is 106 Å². The Hall–Kier alpha value is -0.180. The van der Waals surface area contributed by atoms with E-state index in [1.165, 1.54) is 0 Å². The molecule has 1 aliphatic rings. The summed E-state index contributed by atoms with van der Waals surface area (Å²) in [5.41, 5.74) is 5.08. The predicted octanol–water partition coefficient (Wildman–Crippen LogP) is 0.350. The monoisotopic (exact) mass is 312 g/mol. The van der Waals surface area contributed by atoms with Gasteiger partial charge in [-0.15, -0.1) is 0 Å². The first-order valence-electron chi connectivity index (χ1n) is 6.58. The third-order valence-electron chi connectivity index (χ3n) is 3.44. The van der Waals surface area contributed by atoms with Crippen molar-refractivity contribution in [2.75, 3.05) is 17.9 Å². The first kappa shape index (κ1) is 16.9. The zero-order valence-corrected chi connectivity index (χ0v) is 13.0. The van der Waals surface area contributed by atoms with E-state index in [0.29, 0.717) is 12.8 Å². The van der Waals surface area contributed by atoms with Crippen molar-refractivity contribution in [3.8, 4) is 0 Å². The van der Waals surface area contributed by atoms with E-state index in [0.717, 1.165) is 38.4 Å². The van der Waals surface area contributed by atoms with Gasteiger partial charge in [-0.3, -0.25) is 0 Å². The fraction of sp³-hybridized carbons (Fsp3) is 1.00. The fourth-order valence-corrected chi connectivity index (χ4v) is 6.01. The number of nitrogens with one attached hydrogen (secondary N) is 1. The molecule has 6 nitrogen and oxygen atoms in total. The van der Waals surface area contributed by atoms with Gasteiger partial charge in [0, 0.05) is 18.3 Å². The van der Waals surface area contributed by atoms with Crippen LogP contribution >= 0.6 is 0 Å². The molecule has 1 rings (SSSR count). The van der Waals surface area contributed by atoms with Crippen molar-refractivity contribution in [2.45, 2.75) is 50.5 Å². The molecule has 0 atom stereocenters. The Bertz CT molecular complexity index is 477.